The number of rotatable bonds is 9. The zero-order valence-corrected chi connectivity index (χ0v) is 12.0. The van der Waals surface area contributed by atoms with Crippen molar-refractivity contribution in [3.63, 3.8) is 0 Å². The van der Waals surface area contributed by atoms with Crippen molar-refractivity contribution in [1.29, 1.82) is 0 Å². The predicted molar refractivity (Wildman–Crippen MR) is 78.6 cm³/mol. The van der Waals surface area contributed by atoms with Gasteiger partial charge in [-0.15, -0.1) is 0 Å². The van der Waals surface area contributed by atoms with Crippen LogP contribution >= 0.6 is 0 Å². The predicted octanol–water partition coefficient (Wildman–Crippen LogP) is 3.42. The van der Waals surface area contributed by atoms with Crippen molar-refractivity contribution in [3.8, 4) is 5.75 Å². The summed E-state index contributed by atoms with van der Waals surface area (Å²) in [6.07, 6.45) is 3.36. The molecule has 1 atom stereocenters. The minimum Gasteiger partial charge on any atom is -0.493 e. The first kappa shape index (κ1) is 15.7. The number of ether oxygens (including phenoxy) is 1. The van der Waals surface area contributed by atoms with E-state index in [1.54, 1.807) is 0 Å². The highest BCUT2D eigenvalue weighted by Crippen LogP contribution is 2.21. The molecule has 0 amide bonds. The van der Waals surface area contributed by atoms with Crippen LogP contribution in [0.5, 0.6) is 5.75 Å². The molecular weight excluding hydrogens is 238 g/mol. The van der Waals surface area contributed by atoms with Crippen molar-refractivity contribution < 1.29 is 9.53 Å². The summed E-state index contributed by atoms with van der Waals surface area (Å²) in [6.45, 7) is 5.53. The lowest BCUT2D eigenvalue weighted by Crippen LogP contribution is -2.09. The van der Waals surface area contributed by atoms with E-state index in [1.807, 2.05) is 24.3 Å². The van der Waals surface area contributed by atoms with Crippen molar-refractivity contribution in [2.24, 2.45) is 11.7 Å². The molecule has 1 aromatic carbocycles. The molecule has 0 aromatic heterocycles. The Hall–Kier alpha value is -1.35. The van der Waals surface area contributed by atoms with Gasteiger partial charge in [0.1, 0.15) is 5.75 Å². The van der Waals surface area contributed by atoms with Crippen LogP contribution in [-0.2, 0) is 0 Å². The standard InChI is InChI=1S/C16H25NO2/c1-3-12-19-16-7-5-4-6-14(16)15(18)9-8-13(2)10-11-17/h4-7,13H,3,8-12,17H2,1-2H3. The number of para-hydroxylation sites is 1. The van der Waals surface area contributed by atoms with Crippen molar-refractivity contribution in [2.75, 3.05) is 13.2 Å². The Bertz CT molecular complexity index is 390. The summed E-state index contributed by atoms with van der Waals surface area (Å²) < 4.78 is 5.62. The highest BCUT2D eigenvalue weighted by molar-refractivity contribution is 5.98. The van der Waals surface area contributed by atoms with Crippen LogP contribution in [0.1, 0.15) is 49.9 Å². The number of nitrogens with two attached hydrogens (primary N) is 1. The SMILES string of the molecule is CCCOc1ccccc1C(=O)CCC(C)CCN. The van der Waals surface area contributed by atoms with Gasteiger partial charge in [-0.3, -0.25) is 4.79 Å². The molecule has 1 unspecified atom stereocenters. The molecule has 0 fully saturated rings. The number of benzene rings is 1. The fourth-order valence-electron chi connectivity index (χ4n) is 1.98. The normalized spacial score (nSPS) is 12.2. The van der Waals surface area contributed by atoms with Crippen molar-refractivity contribution in [1.82, 2.24) is 0 Å². The summed E-state index contributed by atoms with van der Waals surface area (Å²) in [5.74, 6) is 1.37. The minimum atomic E-state index is 0.163. The van der Waals surface area contributed by atoms with Gasteiger partial charge in [-0.2, -0.15) is 0 Å². The molecule has 2 N–H and O–H groups in total. The minimum absolute atomic E-state index is 0.163. The van der Waals surface area contributed by atoms with Crippen LogP contribution < -0.4 is 10.5 Å². The molecular formula is C16H25NO2. The van der Waals surface area contributed by atoms with Crippen LogP contribution in [0.25, 0.3) is 0 Å². The van der Waals surface area contributed by atoms with E-state index in [-0.39, 0.29) is 5.78 Å². The fourth-order valence-corrected chi connectivity index (χ4v) is 1.98. The number of carbonyl (C=O) groups is 1. The summed E-state index contributed by atoms with van der Waals surface area (Å²) in [5, 5.41) is 0. The summed E-state index contributed by atoms with van der Waals surface area (Å²) in [6, 6.07) is 7.50. The van der Waals surface area contributed by atoms with E-state index < -0.39 is 0 Å². The molecule has 3 heteroatoms. The second kappa shape index (κ2) is 8.70. The summed E-state index contributed by atoms with van der Waals surface area (Å²) in [5.41, 5.74) is 6.23. The number of ketones is 1. The quantitative estimate of drug-likeness (QED) is 0.694. The Balaban J connectivity index is 2.60. The van der Waals surface area contributed by atoms with E-state index in [0.717, 1.165) is 19.3 Å². The zero-order chi connectivity index (χ0) is 14.1. The molecule has 0 aliphatic rings. The molecule has 0 spiro atoms. The first-order valence-corrected chi connectivity index (χ1v) is 7.14. The van der Waals surface area contributed by atoms with Gasteiger partial charge < -0.3 is 10.5 Å². The topological polar surface area (TPSA) is 52.3 Å². The first-order valence-electron chi connectivity index (χ1n) is 7.14. The van der Waals surface area contributed by atoms with Crippen LogP contribution in [0, 0.1) is 5.92 Å². The van der Waals surface area contributed by atoms with Gasteiger partial charge in [0.2, 0.25) is 0 Å². The van der Waals surface area contributed by atoms with Crippen molar-refractivity contribution in [3.05, 3.63) is 29.8 Å². The van der Waals surface area contributed by atoms with E-state index in [9.17, 15) is 4.79 Å². The molecule has 0 radical (unpaired) electrons. The summed E-state index contributed by atoms with van der Waals surface area (Å²) >= 11 is 0. The number of hydrogen-bond acceptors (Lipinski definition) is 3. The fraction of sp³-hybridized carbons (Fsp3) is 0.562. The molecule has 3 nitrogen and oxygen atoms in total. The molecule has 1 rings (SSSR count). The molecule has 0 saturated heterocycles. The van der Waals surface area contributed by atoms with E-state index in [4.69, 9.17) is 10.5 Å². The van der Waals surface area contributed by atoms with Crippen LogP contribution in [-0.4, -0.2) is 18.9 Å². The molecule has 19 heavy (non-hydrogen) atoms. The van der Waals surface area contributed by atoms with Gasteiger partial charge in [0, 0.05) is 6.42 Å². The Morgan fingerprint density at radius 1 is 1.32 bits per heavy atom. The highest BCUT2D eigenvalue weighted by atomic mass is 16.5. The maximum atomic E-state index is 12.2. The average molecular weight is 263 g/mol. The average Bonchev–Trinajstić information content (AvgIpc) is 2.43. The van der Waals surface area contributed by atoms with Crippen LogP contribution in [0.4, 0.5) is 0 Å². The Kier molecular flexibility index (Phi) is 7.19. The number of hydrogen-bond donors (Lipinski definition) is 1. The summed E-state index contributed by atoms with van der Waals surface area (Å²) in [4.78, 5) is 12.2. The van der Waals surface area contributed by atoms with Gasteiger partial charge >= 0.3 is 0 Å². The lowest BCUT2D eigenvalue weighted by atomic mass is 9.97. The van der Waals surface area contributed by atoms with Crippen LogP contribution in [0.15, 0.2) is 24.3 Å². The van der Waals surface area contributed by atoms with Gasteiger partial charge in [-0.05, 0) is 43.9 Å². The third kappa shape index (κ3) is 5.43. The molecule has 0 bridgehead atoms. The summed E-state index contributed by atoms with van der Waals surface area (Å²) in [7, 11) is 0. The third-order valence-corrected chi connectivity index (χ3v) is 3.17. The van der Waals surface area contributed by atoms with E-state index in [2.05, 4.69) is 13.8 Å². The molecule has 0 aliphatic carbocycles. The smallest absolute Gasteiger partial charge is 0.166 e. The number of Topliss-reactive ketones (excluding diaryl/α,β-unsaturated/α-hetero) is 1. The van der Waals surface area contributed by atoms with Crippen molar-refractivity contribution >= 4 is 5.78 Å². The van der Waals surface area contributed by atoms with Gasteiger partial charge in [0.25, 0.3) is 0 Å². The third-order valence-electron chi connectivity index (χ3n) is 3.17. The zero-order valence-electron chi connectivity index (χ0n) is 12.0. The van der Waals surface area contributed by atoms with Gasteiger partial charge in [0.05, 0.1) is 12.2 Å². The van der Waals surface area contributed by atoms with Gasteiger partial charge in [0.15, 0.2) is 5.78 Å². The maximum absolute atomic E-state index is 12.2. The van der Waals surface area contributed by atoms with E-state index in [0.29, 0.717) is 36.8 Å². The Morgan fingerprint density at radius 3 is 2.74 bits per heavy atom. The first-order chi connectivity index (χ1) is 9.19. The lowest BCUT2D eigenvalue weighted by Gasteiger charge is -2.12. The molecule has 1 aromatic rings. The highest BCUT2D eigenvalue weighted by Gasteiger charge is 2.13. The van der Waals surface area contributed by atoms with E-state index in [1.165, 1.54) is 0 Å². The molecule has 0 saturated carbocycles. The second-order valence-electron chi connectivity index (χ2n) is 4.99. The van der Waals surface area contributed by atoms with Crippen LogP contribution in [0.3, 0.4) is 0 Å². The van der Waals surface area contributed by atoms with Gasteiger partial charge in [-0.1, -0.05) is 26.0 Å². The van der Waals surface area contributed by atoms with Crippen LogP contribution in [0.2, 0.25) is 0 Å². The largest absolute Gasteiger partial charge is 0.493 e. The molecule has 0 heterocycles. The second-order valence-corrected chi connectivity index (χ2v) is 4.99. The maximum Gasteiger partial charge on any atom is 0.166 e. The van der Waals surface area contributed by atoms with E-state index >= 15 is 0 Å². The Morgan fingerprint density at radius 2 is 2.05 bits per heavy atom. The Labute approximate surface area is 116 Å². The van der Waals surface area contributed by atoms with Gasteiger partial charge in [-0.25, -0.2) is 0 Å². The monoisotopic (exact) mass is 263 g/mol. The molecule has 106 valence electrons. The lowest BCUT2D eigenvalue weighted by molar-refractivity contribution is 0.0970. The number of carbonyl (C=O) groups excluding carboxylic acids is 1. The van der Waals surface area contributed by atoms with Crippen molar-refractivity contribution in [2.45, 2.75) is 39.5 Å². The molecule has 0 aliphatic heterocycles.